The summed E-state index contributed by atoms with van der Waals surface area (Å²) in [6.45, 7) is 3.35. The highest BCUT2D eigenvalue weighted by atomic mass is 15.5. The number of fused-ring (bicyclic) bond motifs is 4. The minimum absolute atomic E-state index is 0.137. The Kier molecular flexibility index (Phi) is 3.07. The minimum atomic E-state index is 0.137. The van der Waals surface area contributed by atoms with Crippen molar-refractivity contribution in [3.8, 4) is 0 Å². The average molecular weight is 380 g/mol. The molecular weight excluding hydrogens is 354 g/mol. The molecule has 3 nitrogen and oxygen atoms in total. The van der Waals surface area contributed by atoms with E-state index in [1.807, 2.05) is 0 Å². The molecule has 5 atom stereocenters. The zero-order valence-corrected chi connectivity index (χ0v) is 16.5. The van der Waals surface area contributed by atoms with Crippen molar-refractivity contribution in [2.75, 3.05) is 18.4 Å². The lowest BCUT2D eigenvalue weighted by molar-refractivity contribution is 0.180. The number of hydrogen-bond donors (Lipinski definition) is 1. The Balaban J connectivity index is 1.39. The highest BCUT2D eigenvalue weighted by Gasteiger charge is 2.80. The van der Waals surface area contributed by atoms with Crippen molar-refractivity contribution in [2.45, 2.75) is 36.1 Å². The molecule has 144 valence electrons. The van der Waals surface area contributed by atoms with E-state index in [9.17, 15) is 0 Å². The Morgan fingerprint density at radius 3 is 2.41 bits per heavy atom. The van der Waals surface area contributed by atoms with E-state index in [1.54, 1.807) is 0 Å². The zero-order valence-electron chi connectivity index (χ0n) is 16.5. The molecule has 0 aromatic heterocycles. The summed E-state index contributed by atoms with van der Waals surface area (Å²) in [5, 5.41) is 3.93. The fourth-order valence-electron chi connectivity index (χ4n) is 6.93. The summed E-state index contributed by atoms with van der Waals surface area (Å²) >= 11 is 0. The Morgan fingerprint density at radius 2 is 1.59 bits per heavy atom. The van der Waals surface area contributed by atoms with E-state index in [4.69, 9.17) is 0 Å². The summed E-state index contributed by atoms with van der Waals surface area (Å²) in [4.78, 5) is 5.52. The van der Waals surface area contributed by atoms with Gasteiger partial charge in [0.2, 0.25) is 0 Å². The van der Waals surface area contributed by atoms with Crippen molar-refractivity contribution in [1.82, 2.24) is 9.80 Å². The normalized spacial score (nSPS) is 36.1. The highest BCUT2D eigenvalue weighted by molar-refractivity contribution is 5.67. The number of nitrogens with one attached hydrogen (secondary N) is 1. The van der Waals surface area contributed by atoms with Gasteiger partial charge in [-0.25, -0.2) is 0 Å². The lowest BCUT2D eigenvalue weighted by atomic mass is 9.70. The van der Waals surface area contributed by atoms with Crippen molar-refractivity contribution in [3.63, 3.8) is 0 Å². The van der Waals surface area contributed by atoms with Gasteiger partial charge < -0.3 is 5.32 Å². The summed E-state index contributed by atoms with van der Waals surface area (Å²) < 4.78 is 0. The molecule has 1 N–H and O–H groups in total. The van der Waals surface area contributed by atoms with Crippen LogP contribution in [0.1, 0.15) is 23.1 Å². The number of anilines is 1. The molecule has 3 aromatic carbocycles. The summed E-state index contributed by atoms with van der Waals surface area (Å²) in [6.07, 6.45) is 1.63. The largest absolute Gasteiger partial charge is 0.368 e. The number of rotatable bonds is 3. The van der Waals surface area contributed by atoms with Crippen LogP contribution in [0.25, 0.3) is 0 Å². The van der Waals surface area contributed by atoms with Crippen LogP contribution in [0.15, 0.2) is 84.9 Å². The molecule has 3 fully saturated rings. The van der Waals surface area contributed by atoms with Gasteiger partial charge in [0, 0.05) is 24.8 Å². The van der Waals surface area contributed by atoms with Crippen LogP contribution in [0, 0.1) is 0 Å². The fraction of sp³-hybridized carbons (Fsp3) is 0.308. The number of nitrogens with zero attached hydrogens (tertiary/aromatic N) is 2. The molecule has 0 radical (unpaired) electrons. The van der Waals surface area contributed by atoms with Crippen LogP contribution in [0.5, 0.6) is 0 Å². The van der Waals surface area contributed by atoms with E-state index in [-0.39, 0.29) is 11.0 Å². The molecule has 1 spiro atoms. The predicted molar refractivity (Wildman–Crippen MR) is 116 cm³/mol. The maximum absolute atomic E-state index is 3.93. The molecule has 4 heterocycles. The first-order valence-electron chi connectivity index (χ1n) is 10.8. The van der Waals surface area contributed by atoms with Crippen LogP contribution in [-0.4, -0.2) is 35.1 Å². The number of likely N-dealkylation sites (tertiary alicyclic amines) is 1. The molecular formula is C26H25N3. The Labute approximate surface area is 172 Å². The molecule has 7 rings (SSSR count). The van der Waals surface area contributed by atoms with E-state index < -0.39 is 0 Å². The van der Waals surface area contributed by atoms with Crippen LogP contribution in [0.2, 0.25) is 0 Å². The van der Waals surface area contributed by atoms with Gasteiger partial charge in [-0.3, -0.25) is 9.80 Å². The smallest absolute Gasteiger partial charge is 0.0918 e. The third-order valence-corrected chi connectivity index (χ3v) is 7.96. The van der Waals surface area contributed by atoms with Crippen molar-refractivity contribution in [1.29, 1.82) is 0 Å². The molecule has 4 aliphatic rings. The second kappa shape index (κ2) is 5.50. The molecule has 3 heteroatoms. The van der Waals surface area contributed by atoms with Gasteiger partial charge >= 0.3 is 0 Å². The Bertz CT molecular complexity index is 1080. The second-order valence-corrected chi connectivity index (χ2v) is 9.16. The third-order valence-electron chi connectivity index (χ3n) is 7.96. The minimum Gasteiger partial charge on any atom is -0.368 e. The van der Waals surface area contributed by atoms with E-state index in [0.717, 1.165) is 19.6 Å². The Morgan fingerprint density at radius 1 is 0.862 bits per heavy atom. The molecule has 29 heavy (non-hydrogen) atoms. The maximum Gasteiger partial charge on any atom is 0.0918 e. The SMILES string of the molecule is c1ccc(CN2CC[C@]34c5ccccc5NC3N3C[C@]3(c3ccccc3)C24)cc1. The first kappa shape index (κ1) is 16.2. The van der Waals surface area contributed by atoms with Crippen LogP contribution in [-0.2, 0) is 17.5 Å². The second-order valence-electron chi connectivity index (χ2n) is 9.16. The van der Waals surface area contributed by atoms with Crippen molar-refractivity contribution in [2.24, 2.45) is 0 Å². The number of para-hydroxylation sites is 1. The van der Waals surface area contributed by atoms with Crippen molar-refractivity contribution < 1.29 is 0 Å². The quantitative estimate of drug-likeness (QED) is 0.689. The zero-order chi connectivity index (χ0) is 19.1. The molecule has 3 unspecified atom stereocenters. The lowest BCUT2D eigenvalue weighted by Gasteiger charge is -2.37. The van der Waals surface area contributed by atoms with Crippen molar-refractivity contribution in [3.05, 3.63) is 102 Å². The van der Waals surface area contributed by atoms with Gasteiger partial charge in [-0.05, 0) is 35.7 Å². The molecule has 4 aliphatic heterocycles. The van der Waals surface area contributed by atoms with Gasteiger partial charge in [0.15, 0.2) is 0 Å². The predicted octanol–water partition coefficient (Wildman–Crippen LogP) is 4.18. The molecule has 3 saturated heterocycles. The van der Waals surface area contributed by atoms with E-state index >= 15 is 0 Å². The van der Waals surface area contributed by atoms with Gasteiger partial charge in [-0.15, -0.1) is 0 Å². The molecule has 3 aromatic rings. The maximum atomic E-state index is 3.93. The average Bonchev–Trinajstić information content (AvgIpc) is 3.14. The highest BCUT2D eigenvalue weighted by Crippen LogP contribution is 2.69. The molecule has 0 saturated carbocycles. The molecule has 0 bridgehead atoms. The summed E-state index contributed by atoms with van der Waals surface area (Å²) in [6, 6.07) is 31.8. The summed E-state index contributed by atoms with van der Waals surface area (Å²) in [7, 11) is 0. The topological polar surface area (TPSA) is 18.3 Å². The Hall–Kier alpha value is -2.62. The standard InChI is InChI=1S/C26H25N3/c1-3-9-19(10-4-1)17-28-16-15-25-21-13-7-8-14-22(21)27-24(25)29-18-26(29,23(25)28)20-11-5-2-6-12-20/h1-14,23-24,27H,15-18H2/t23?,24?,25-,26+,29?/m1/s1. The van der Waals surface area contributed by atoms with Crippen LogP contribution in [0.4, 0.5) is 5.69 Å². The summed E-state index contributed by atoms with van der Waals surface area (Å²) in [5.74, 6) is 0. The first-order valence-corrected chi connectivity index (χ1v) is 10.8. The fourth-order valence-corrected chi connectivity index (χ4v) is 6.93. The van der Waals surface area contributed by atoms with Crippen LogP contribution in [0.3, 0.4) is 0 Å². The van der Waals surface area contributed by atoms with E-state index in [1.165, 1.54) is 28.8 Å². The number of benzene rings is 3. The molecule has 0 aliphatic carbocycles. The van der Waals surface area contributed by atoms with Gasteiger partial charge in [0.05, 0.1) is 17.1 Å². The van der Waals surface area contributed by atoms with Gasteiger partial charge in [-0.1, -0.05) is 78.9 Å². The van der Waals surface area contributed by atoms with E-state index in [0.29, 0.717) is 12.2 Å². The van der Waals surface area contributed by atoms with Crippen LogP contribution < -0.4 is 5.32 Å². The van der Waals surface area contributed by atoms with Gasteiger partial charge in [-0.2, -0.15) is 0 Å². The van der Waals surface area contributed by atoms with Gasteiger partial charge in [0.1, 0.15) is 0 Å². The van der Waals surface area contributed by atoms with E-state index in [2.05, 4.69) is 100 Å². The number of piperidine rings is 1. The molecule has 0 amide bonds. The van der Waals surface area contributed by atoms with Gasteiger partial charge in [0.25, 0.3) is 0 Å². The van der Waals surface area contributed by atoms with Crippen molar-refractivity contribution >= 4 is 5.69 Å². The first-order chi connectivity index (χ1) is 14.3. The van der Waals surface area contributed by atoms with Crippen LogP contribution >= 0.6 is 0 Å². The monoisotopic (exact) mass is 379 g/mol. The third kappa shape index (κ3) is 1.90. The lowest BCUT2D eigenvalue weighted by Crippen LogP contribution is -2.50. The number of hydrogen-bond acceptors (Lipinski definition) is 3. The summed E-state index contributed by atoms with van der Waals surface area (Å²) in [5.41, 5.74) is 6.10.